The van der Waals surface area contributed by atoms with E-state index in [1.54, 1.807) is 47.6 Å². The zero-order chi connectivity index (χ0) is 24.9. The highest BCUT2D eigenvalue weighted by Crippen LogP contribution is 2.17. The Kier molecular flexibility index (Phi) is 7.17. The maximum atomic E-state index is 12.6. The third kappa shape index (κ3) is 5.70. The Bertz CT molecular complexity index is 1420. The van der Waals surface area contributed by atoms with Gasteiger partial charge in [0.25, 0.3) is 11.5 Å². The first kappa shape index (κ1) is 24.0. The van der Waals surface area contributed by atoms with Crippen LogP contribution >= 0.6 is 11.6 Å². The second kappa shape index (κ2) is 10.4. The predicted molar refractivity (Wildman–Crippen MR) is 124 cm³/mol. The van der Waals surface area contributed by atoms with Crippen molar-refractivity contribution in [1.82, 2.24) is 44.2 Å². The molecule has 182 valence electrons. The van der Waals surface area contributed by atoms with Crippen molar-refractivity contribution < 1.29 is 9.90 Å². The molecule has 1 amide bonds. The van der Waals surface area contributed by atoms with Gasteiger partial charge in [0.2, 0.25) is 0 Å². The van der Waals surface area contributed by atoms with Crippen molar-refractivity contribution in [3.8, 4) is 0 Å². The molecule has 4 aromatic rings. The lowest BCUT2D eigenvalue weighted by Crippen LogP contribution is -2.43. The van der Waals surface area contributed by atoms with E-state index < -0.39 is 23.3 Å². The molecule has 0 saturated carbocycles. The van der Waals surface area contributed by atoms with Crippen molar-refractivity contribution >= 4 is 17.5 Å². The number of aliphatic hydroxyl groups is 1. The summed E-state index contributed by atoms with van der Waals surface area (Å²) in [5.41, 5.74) is -0.911. The smallest absolute Gasteiger partial charge is 0.331 e. The van der Waals surface area contributed by atoms with Gasteiger partial charge in [0.15, 0.2) is 5.82 Å². The van der Waals surface area contributed by atoms with Gasteiger partial charge in [0.1, 0.15) is 11.7 Å². The third-order valence-corrected chi connectivity index (χ3v) is 5.46. The van der Waals surface area contributed by atoms with Crippen LogP contribution < -0.4 is 16.6 Å². The maximum absolute atomic E-state index is 12.6. The van der Waals surface area contributed by atoms with E-state index in [9.17, 15) is 19.5 Å². The second-order valence-corrected chi connectivity index (χ2v) is 8.14. The second-order valence-electron chi connectivity index (χ2n) is 7.70. The summed E-state index contributed by atoms with van der Waals surface area (Å²) in [5, 5.41) is 25.6. The fourth-order valence-electron chi connectivity index (χ4n) is 3.32. The van der Waals surface area contributed by atoms with Gasteiger partial charge in [0.05, 0.1) is 19.4 Å². The standard InChI is InChI=1S/C21H22ClN9O4/c1-28-20(34)16(19(33)24-7-9-29-8-6-23-13-29)10-30(21(28)35)12-18-25-27-31(26-18)11-17(32)14-2-4-15(22)5-3-14/h2-6,8,10,13,17,32H,7,9,11-12H2,1H3,(H,24,33)/t17-/m0/s1. The number of amides is 1. The summed E-state index contributed by atoms with van der Waals surface area (Å²) in [4.78, 5) is 42.8. The van der Waals surface area contributed by atoms with Gasteiger partial charge < -0.3 is 15.0 Å². The van der Waals surface area contributed by atoms with Crippen LogP contribution in [0.1, 0.15) is 27.8 Å². The molecule has 0 bridgehead atoms. The number of benzene rings is 1. The van der Waals surface area contributed by atoms with Gasteiger partial charge >= 0.3 is 5.69 Å². The van der Waals surface area contributed by atoms with Crippen LogP contribution in [0.2, 0.25) is 5.02 Å². The normalized spacial score (nSPS) is 12.0. The molecule has 0 aliphatic heterocycles. The lowest BCUT2D eigenvalue weighted by molar-refractivity contribution is 0.0949. The van der Waals surface area contributed by atoms with E-state index >= 15 is 0 Å². The quantitative estimate of drug-likeness (QED) is 0.315. The molecule has 3 aromatic heterocycles. The Morgan fingerprint density at radius 3 is 2.71 bits per heavy atom. The average Bonchev–Trinajstić information content (AvgIpc) is 3.52. The Labute approximate surface area is 203 Å². The van der Waals surface area contributed by atoms with Crippen molar-refractivity contribution in [3.05, 3.63) is 92.0 Å². The van der Waals surface area contributed by atoms with Crippen molar-refractivity contribution in [3.63, 3.8) is 0 Å². The lowest BCUT2D eigenvalue weighted by atomic mass is 10.1. The van der Waals surface area contributed by atoms with Crippen LogP contribution in [0.3, 0.4) is 0 Å². The number of hydrogen-bond donors (Lipinski definition) is 2. The predicted octanol–water partition coefficient (Wildman–Crippen LogP) is -0.405. The fourth-order valence-corrected chi connectivity index (χ4v) is 3.45. The molecule has 1 aromatic carbocycles. The molecule has 0 unspecified atom stereocenters. The molecule has 4 rings (SSSR count). The Morgan fingerprint density at radius 1 is 1.23 bits per heavy atom. The molecule has 14 heteroatoms. The molecule has 1 atom stereocenters. The largest absolute Gasteiger partial charge is 0.386 e. The number of tetrazole rings is 1. The minimum absolute atomic E-state index is 0.0291. The summed E-state index contributed by atoms with van der Waals surface area (Å²) in [6.07, 6.45) is 5.27. The van der Waals surface area contributed by atoms with Crippen molar-refractivity contribution in [2.24, 2.45) is 7.05 Å². The number of nitrogens with one attached hydrogen (secondary N) is 1. The van der Waals surface area contributed by atoms with Crippen molar-refractivity contribution in [1.29, 1.82) is 0 Å². The number of hydrogen-bond acceptors (Lipinski definition) is 8. The average molecular weight is 500 g/mol. The first-order valence-electron chi connectivity index (χ1n) is 10.6. The highest BCUT2D eigenvalue weighted by molar-refractivity contribution is 6.30. The number of aromatic nitrogens is 8. The molecule has 0 spiro atoms. The Morgan fingerprint density at radius 2 is 2.00 bits per heavy atom. The molecule has 3 heterocycles. The van der Waals surface area contributed by atoms with E-state index in [4.69, 9.17) is 11.6 Å². The topological polar surface area (TPSA) is 155 Å². The van der Waals surface area contributed by atoms with E-state index in [-0.39, 0.29) is 31.0 Å². The fraction of sp³-hybridized carbons (Fsp3) is 0.286. The van der Waals surface area contributed by atoms with E-state index in [1.165, 1.54) is 18.0 Å². The van der Waals surface area contributed by atoms with Crippen LogP contribution in [0.15, 0.2) is 58.8 Å². The molecule has 0 saturated heterocycles. The van der Waals surface area contributed by atoms with Gasteiger partial charge in [-0.1, -0.05) is 23.7 Å². The Balaban J connectivity index is 1.46. The Hall–Kier alpha value is -4.10. The molecule has 0 radical (unpaired) electrons. The zero-order valence-electron chi connectivity index (χ0n) is 18.7. The van der Waals surface area contributed by atoms with Crippen molar-refractivity contribution in [2.75, 3.05) is 6.54 Å². The van der Waals surface area contributed by atoms with Gasteiger partial charge in [-0.15, -0.1) is 10.2 Å². The van der Waals surface area contributed by atoms with E-state index in [2.05, 4.69) is 25.7 Å². The van der Waals surface area contributed by atoms with Gasteiger partial charge in [-0.05, 0) is 22.9 Å². The van der Waals surface area contributed by atoms with E-state index in [0.29, 0.717) is 17.1 Å². The monoisotopic (exact) mass is 499 g/mol. The summed E-state index contributed by atoms with van der Waals surface area (Å²) in [7, 11) is 1.29. The summed E-state index contributed by atoms with van der Waals surface area (Å²) in [5.74, 6) is -0.442. The summed E-state index contributed by atoms with van der Waals surface area (Å²) < 4.78 is 3.78. The highest BCUT2D eigenvalue weighted by atomic mass is 35.5. The minimum Gasteiger partial charge on any atom is -0.386 e. The minimum atomic E-state index is -0.896. The zero-order valence-corrected chi connectivity index (χ0v) is 19.4. The van der Waals surface area contributed by atoms with Crippen LogP contribution in [0, 0.1) is 0 Å². The lowest BCUT2D eigenvalue weighted by Gasteiger charge is -2.10. The van der Waals surface area contributed by atoms with Crippen LogP contribution in [0.4, 0.5) is 0 Å². The number of carbonyl (C=O) groups is 1. The van der Waals surface area contributed by atoms with Crippen molar-refractivity contribution in [2.45, 2.75) is 25.7 Å². The summed E-state index contributed by atoms with van der Waals surface area (Å²) in [6.45, 7) is 0.643. The number of rotatable bonds is 9. The molecule has 35 heavy (non-hydrogen) atoms. The molecule has 2 N–H and O–H groups in total. The first-order valence-corrected chi connectivity index (χ1v) is 10.9. The van der Waals surface area contributed by atoms with Gasteiger partial charge in [-0.3, -0.25) is 18.7 Å². The molecule has 13 nitrogen and oxygen atoms in total. The summed E-state index contributed by atoms with van der Waals surface area (Å²) in [6, 6.07) is 6.71. The number of nitrogens with zero attached hydrogens (tertiary/aromatic N) is 8. The third-order valence-electron chi connectivity index (χ3n) is 5.21. The van der Waals surface area contributed by atoms with Gasteiger partial charge in [-0.25, -0.2) is 9.78 Å². The molecular formula is C21H22ClN9O4. The number of imidazole rings is 1. The maximum Gasteiger partial charge on any atom is 0.331 e. The van der Waals surface area contributed by atoms with Crippen LogP contribution in [-0.2, 0) is 26.7 Å². The first-order chi connectivity index (χ1) is 16.8. The van der Waals surface area contributed by atoms with Crippen LogP contribution in [0.5, 0.6) is 0 Å². The molecule has 0 aliphatic carbocycles. The number of carbonyl (C=O) groups excluding carboxylic acids is 1. The number of halogens is 1. The van der Waals surface area contributed by atoms with E-state index in [0.717, 1.165) is 9.13 Å². The SMILES string of the molecule is Cn1c(=O)c(C(=O)NCCn2ccnc2)cn(Cc2nnn(C[C@H](O)c3ccc(Cl)cc3)n2)c1=O. The highest BCUT2D eigenvalue weighted by Gasteiger charge is 2.17. The molecular weight excluding hydrogens is 478 g/mol. The van der Waals surface area contributed by atoms with Gasteiger partial charge in [0, 0.05) is 43.8 Å². The van der Waals surface area contributed by atoms with Crippen LogP contribution in [0.25, 0.3) is 0 Å². The van der Waals surface area contributed by atoms with Gasteiger partial charge in [-0.2, -0.15) is 4.80 Å². The molecule has 0 aliphatic rings. The number of aliphatic hydroxyl groups excluding tert-OH is 1. The molecule has 0 fully saturated rings. The van der Waals surface area contributed by atoms with E-state index in [1.807, 2.05) is 0 Å². The van der Waals surface area contributed by atoms with Crippen LogP contribution in [-0.4, -0.2) is 56.5 Å². The summed E-state index contributed by atoms with van der Waals surface area (Å²) >= 11 is 5.87.